The average molecular weight is 212 g/mol. The zero-order valence-electron chi connectivity index (χ0n) is 8.62. The summed E-state index contributed by atoms with van der Waals surface area (Å²) in [6.45, 7) is 4.80. The van der Waals surface area contributed by atoms with Gasteiger partial charge in [-0.15, -0.1) is 11.3 Å². The molecule has 1 aliphatic rings. The summed E-state index contributed by atoms with van der Waals surface area (Å²) in [5.41, 5.74) is 7.08. The summed E-state index contributed by atoms with van der Waals surface area (Å²) in [5, 5.41) is 3.11. The summed E-state index contributed by atoms with van der Waals surface area (Å²) in [6, 6.07) is 0. The first-order valence-corrected chi connectivity index (χ1v) is 5.85. The quantitative estimate of drug-likeness (QED) is 0.831. The summed E-state index contributed by atoms with van der Waals surface area (Å²) in [4.78, 5) is 4.44. The zero-order valence-corrected chi connectivity index (χ0v) is 9.43. The molecule has 3 nitrogen and oxygen atoms in total. The van der Waals surface area contributed by atoms with Gasteiger partial charge in [-0.05, 0) is 26.7 Å². The molecular formula is C10H16N2OS. The van der Waals surface area contributed by atoms with Gasteiger partial charge in [0.1, 0.15) is 5.01 Å². The highest BCUT2D eigenvalue weighted by atomic mass is 32.1. The van der Waals surface area contributed by atoms with Gasteiger partial charge in [0.05, 0.1) is 11.6 Å². The van der Waals surface area contributed by atoms with Crippen LogP contribution in [0.5, 0.6) is 0 Å². The van der Waals surface area contributed by atoms with Crippen molar-refractivity contribution in [2.45, 2.75) is 38.3 Å². The topological polar surface area (TPSA) is 48.1 Å². The van der Waals surface area contributed by atoms with E-state index in [1.54, 1.807) is 11.3 Å². The first kappa shape index (κ1) is 10.1. The minimum absolute atomic E-state index is 0.210. The number of ether oxygens (including phenoxy) is 1. The highest BCUT2D eigenvalue weighted by Crippen LogP contribution is 2.41. The van der Waals surface area contributed by atoms with E-state index in [4.69, 9.17) is 10.5 Å². The molecule has 1 heterocycles. The maximum absolute atomic E-state index is 6.23. The molecule has 0 bridgehead atoms. The molecule has 1 aromatic rings. The molecule has 0 unspecified atom stereocenters. The Bertz CT molecular complexity index is 318. The normalized spacial score (nSPS) is 31.5. The van der Waals surface area contributed by atoms with Crippen LogP contribution in [0.3, 0.4) is 0 Å². The molecule has 0 atom stereocenters. The Kier molecular flexibility index (Phi) is 2.60. The maximum Gasteiger partial charge on any atom is 0.113 e. The summed E-state index contributed by atoms with van der Waals surface area (Å²) in [7, 11) is 0. The molecule has 0 aromatic carbocycles. The number of nitrogens with zero attached hydrogens (tertiary/aromatic N) is 1. The standard InChI is InChI=1S/C10H16N2OS/c1-3-13-8-4-10(11,5-8)9-12-7(2)6-14-9/h6,8H,3-5,11H2,1-2H3. The Hall–Kier alpha value is -0.450. The van der Waals surface area contributed by atoms with Crippen LogP contribution in [0.15, 0.2) is 5.38 Å². The van der Waals surface area contributed by atoms with Crippen LogP contribution in [-0.2, 0) is 10.3 Å². The third kappa shape index (κ3) is 1.69. The van der Waals surface area contributed by atoms with Gasteiger partial charge in [0.15, 0.2) is 0 Å². The van der Waals surface area contributed by atoms with Crippen molar-refractivity contribution in [1.82, 2.24) is 4.98 Å². The second-order valence-electron chi connectivity index (χ2n) is 3.94. The van der Waals surface area contributed by atoms with Crippen molar-refractivity contribution in [2.24, 2.45) is 5.73 Å². The SMILES string of the molecule is CCOC1CC(N)(c2nc(C)cs2)C1. The van der Waals surface area contributed by atoms with Gasteiger partial charge in [-0.1, -0.05) is 0 Å². The summed E-state index contributed by atoms with van der Waals surface area (Å²) < 4.78 is 5.50. The second kappa shape index (κ2) is 3.61. The Morgan fingerprint density at radius 2 is 2.43 bits per heavy atom. The first-order chi connectivity index (χ1) is 6.64. The molecule has 2 rings (SSSR count). The highest BCUT2D eigenvalue weighted by molar-refractivity contribution is 7.09. The van der Waals surface area contributed by atoms with Crippen LogP contribution in [0.4, 0.5) is 0 Å². The van der Waals surface area contributed by atoms with Crippen LogP contribution in [-0.4, -0.2) is 17.7 Å². The van der Waals surface area contributed by atoms with Gasteiger partial charge in [-0.3, -0.25) is 0 Å². The van der Waals surface area contributed by atoms with E-state index < -0.39 is 0 Å². The van der Waals surface area contributed by atoms with Crippen molar-refractivity contribution in [3.63, 3.8) is 0 Å². The fourth-order valence-electron chi connectivity index (χ4n) is 1.86. The second-order valence-corrected chi connectivity index (χ2v) is 4.79. The van der Waals surface area contributed by atoms with Gasteiger partial charge in [0, 0.05) is 17.7 Å². The zero-order chi connectivity index (χ0) is 10.2. The molecule has 1 aliphatic carbocycles. The summed E-state index contributed by atoms with van der Waals surface area (Å²) in [6.07, 6.45) is 2.16. The van der Waals surface area contributed by atoms with Crippen LogP contribution >= 0.6 is 11.3 Å². The third-order valence-electron chi connectivity index (χ3n) is 2.63. The van der Waals surface area contributed by atoms with E-state index in [0.29, 0.717) is 6.10 Å². The Morgan fingerprint density at radius 3 is 2.93 bits per heavy atom. The lowest BCUT2D eigenvalue weighted by atomic mass is 9.75. The van der Waals surface area contributed by atoms with E-state index in [2.05, 4.69) is 10.4 Å². The van der Waals surface area contributed by atoms with E-state index in [1.165, 1.54) is 0 Å². The average Bonchev–Trinajstić information content (AvgIpc) is 2.49. The van der Waals surface area contributed by atoms with Crippen LogP contribution < -0.4 is 5.73 Å². The molecule has 14 heavy (non-hydrogen) atoms. The molecule has 0 spiro atoms. The van der Waals surface area contributed by atoms with Crippen molar-refractivity contribution < 1.29 is 4.74 Å². The van der Waals surface area contributed by atoms with E-state index in [-0.39, 0.29) is 5.54 Å². The third-order valence-corrected chi connectivity index (χ3v) is 3.81. The molecule has 0 aliphatic heterocycles. The number of hydrogen-bond donors (Lipinski definition) is 1. The number of hydrogen-bond acceptors (Lipinski definition) is 4. The van der Waals surface area contributed by atoms with E-state index >= 15 is 0 Å². The lowest BCUT2D eigenvalue weighted by molar-refractivity contribution is -0.0393. The molecule has 4 heteroatoms. The predicted molar refractivity (Wildman–Crippen MR) is 57.4 cm³/mol. The fraction of sp³-hybridized carbons (Fsp3) is 0.700. The van der Waals surface area contributed by atoms with Gasteiger partial charge in [-0.25, -0.2) is 4.98 Å². The predicted octanol–water partition coefficient (Wildman–Crippen LogP) is 1.80. The highest BCUT2D eigenvalue weighted by Gasteiger charge is 2.44. The number of thiazole rings is 1. The molecule has 1 fully saturated rings. The summed E-state index contributed by atoms with van der Waals surface area (Å²) >= 11 is 1.66. The number of aryl methyl sites for hydroxylation is 1. The minimum Gasteiger partial charge on any atom is -0.378 e. The first-order valence-electron chi connectivity index (χ1n) is 4.97. The largest absolute Gasteiger partial charge is 0.378 e. The summed E-state index contributed by atoms with van der Waals surface area (Å²) in [5.74, 6) is 0. The van der Waals surface area contributed by atoms with Crippen molar-refractivity contribution in [2.75, 3.05) is 6.61 Å². The number of rotatable bonds is 3. The lowest BCUT2D eigenvalue weighted by Gasteiger charge is -2.42. The van der Waals surface area contributed by atoms with Gasteiger partial charge in [0.2, 0.25) is 0 Å². The maximum atomic E-state index is 6.23. The number of nitrogens with two attached hydrogens (primary N) is 1. The lowest BCUT2D eigenvalue weighted by Crippen LogP contribution is -2.52. The van der Waals surface area contributed by atoms with Crippen LogP contribution in [0.1, 0.15) is 30.5 Å². The molecule has 0 amide bonds. The molecule has 1 saturated carbocycles. The molecule has 0 saturated heterocycles. The molecule has 78 valence electrons. The minimum atomic E-state index is -0.210. The van der Waals surface area contributed by atoms with Gasteiger partial charge in [0.25, 0.3) is 0 Å². The number of aromatic nitrogens is 1. The molecular weight excluding hydrogens is 196 g/mol. The van der Waals surface area contributed by atoms with Crippen LogP contribution in [0.2, 0.25) is 0 Å². The van der Waals surface area contributed by atoms with E-state index in [1.807, 2.05) is 13.8 Å². The molecule has 0 radical (unpaired) electrons. The van der Waals surface area contributed by atoms with E-state index in [9.17, 15) is 0 Å². The monoisotopic (exact) mass is 212 g/mol. The van der Waals surface area contributed by atoms with Crippen molar-refractivity contribution >= 4 is 11.3 Å². The Balaban J connectivity index is 2.00. The fourth-order valence-corrected chi connectivity index (χ4v) is 2.80. The van der Waals surface area contributed by atoms with Gasteiger partial charge < -0.3 is 10.5 Å². The van der Waals surface area contributed by atoms with Crippen molar-refractivity contribution in [1.29, 1.82) is 0 Å². The van der Waals surface area contributed by atoms with Crippen LogP contribution in [0, 0.1) is 6.92 Å². The van der Waals surface area contributed by atoms with Gasteiger partial charge in [-0.2, -0.15) is 0 Å². The Morgan fingerprint density at radius 1 is 1.71 bits per heavy atom. The smallest absolute Gasteiger partial charge is 0.113 e. The molecule has 2 N–H and O–H groups in total. The molecule has 1 aromatic heterocycles. The van der Waals surface area contributed by atoms with Crippen molar-refractivity contribution in [3.8, 4) is 0 Å². The van der Waals surface area contributed by atoms with Crippen LogP contribution in [0.25, 0.3) is 0 Å². The van der Waals surface area contributed by atoms with E-state index in [0.717, 1.165) is 30.2 Å². The Labute approximate surface area is 88.3 Å². The van der Waals surface area contributed by atoms with Crippen molar-refractivity contribution in [3.05, 3.63) is 16.1 Å². The van der Waals surface area contributed by atoms with Gasteiger partial charge >= 0.3 is 0 Å².